The van der Waals surface area contributed by atoms with Crippen LogP contribution < -0.4 is 0 Å². The van der Waals surface area contributed by atoms with Gasteiger partial charge in [0.25, 0.3) is 0 Å². The molecule has 0 bridgehead atoms. The van der Waals surface area contributed by atoms with E-state index in [2.05, 4.69) is 0 Å². The minimum Gasteiger partial charge on any atom is -0.450 e. The first-order chi connectivity index (χ1) is 3.46. The van der Waals surface area contributed by atoms with Gasteiger partial charge in [0.2, 0.25) is 0 Å². The van der Waals surface area contributed by atoms with Crippen molar-refractivity contribution in [2.75, 3.05) is 0 Å². The minimum atomic E-state index is -1.83. The Morgan fingerprint density at radius 2 is 1.33 bits per heavy atom. The van der Waals surface area contributed by atoms with E-state index in [4.69, 9.17) is 30.3 Å². The Labute approximate surface area is 55.0 Å². The predicted octanol–water partition coefficient (Wildman–Crippen LogP) is 0.405. The van der Waals surface area contributed by atoms with Gasteiger partial charge in [0, 0.05) is 0 Å². The molecule has 0 amide bonds. The van der Waals surface area contributed by atoms with Crippen LogP contribution in [0.15, 0.2) is 0 Å². The molecule has 0 aromatic carbocycles. The highest BCUT2D eigenvalue weighted by Gasteiger charge is 1.70. The highest BCUT2D eigenvalue weighted by atomic mass is 35.5. The van der Waals surface area contributed by atoms with Crippen LogP contribution >= 0.6 is 12.4 Å². The number of rotatable bonds is 0. The normalized spacial score (nSPS) is 5.33. The van der Waals surface area contributed by atoms with Crippen molar-refractivity contribution in [1.29, 1.82) is 0 Å². The fourth-order valence-corrected chi connectivity index (χ4v) is 0. The molecule has 0 unspecified atom stereocenters. The zero-order chi connectivity index (χ0) is 7.15. The number of carboxylic acid groups (broad SMARTS) is 2. The lowest BCUT2D eigenvalue weighted by Crippen LogP contribution is -1.81. The van der Waals surface area contributed by atoms with E-state index in [-0.39, 0.29) is 12.4 Å². The lowest BCUT2D eigenvalue weighted by Gasteiger charge is -1.74. The number of carbonyl (C=O) groups is 1. The summed E-state index contributed by atoms with van der Waals surface area (Å²) in [5.74, 6) is 0. The first kappa shape index (κ1) is 15.7. The molecule has 0 heterocycles. The third kappa shape index (κ3) is 99.6. The van der Waals surface area contributed by atoms with Crippen LogP contribution in [0.25, 0.3) is 0 Å². The second-order valence-electron chi connectivity index (χ2n) is 0.506. The van der Waals surface area contributed by atoms with E-state index in [1.165, 1.54) is 0 Å². The second-order valence-corrected chi connectivity index (χ2v) is 0.506. The van der Waals surface area contributed by atoms with Gasteiger partial charge in [0.05, 0.1) is 5.09 Å². The molecule has 7 nitrogen and oxygen atoms in total. The van der Waals surface area contributed by atoms with Crippen LogP contribution in [0.4, 0.5) is 4.79 Å². The van der Waals surface area contributed by atoms with Crippen molar-refractivity contribution in [1.82, 2.24) is 0 Å². The molecule has 0 fully saturated rings. The number of halogens is 1. The van der Waals surface area contributed by atoms with Gasteiger partial charge in [-0.15, -0.1) is 12.4 Å². The largest absolute Gasteiger partial charge is 0.503 e. The average Bonchev–Trinajstić information content (AvgIpc) is 1.25. The van der Waals surface area contributed by atoms with Crippen molar-refractivity contribution in [2.45, 2.75) is 0 Å². The Bertz CT molecular complexity index is 71.1. The van der Waals surface area contributed by atoms with E-state index in [1.54, 1.807) is 0 Å². The monoisotopic (exact) mass is 160 g/mol. The van der Waals surface area contributed by atoms with E-state index in [1.807, 2.05) is 0 Å². The topological polar surface area (TPSA) is 124 Å². The van der Waals surface area contributed by atoms with Crippen LogP contribution in [0.5, 0.6) is 0 Å². The Morgan fingerprint density at radius 3 is 1.33 bits per heavy atom. The maximum absolute atomic E-state index is 8.56. The van der Waals surface area contributed by atoms with Gasteiger partial charge in [0.15, 0.2) is 0 Å². The van der Waals surface area contributed by atoms with E-state index >= 15 is 0 Å². The molecule has 0 saturated carbocycles. The molecule has 0 spiro atoms. The van der Waals surface area contributed by atoms with Gasteiger partial charge in [-0.2, -0.15) is 0 Å². The molecule has 0 rings (SSSR count). The molecule has 0 aliphatic carbocycles. The van der Waals surface area contributed by atoms with Crippen molar-refractivity contribution in [3.05, 3.63) is 15.3 Å². The number of hydrogen-bond acceptors (Lipinski definition) is 4. The minimum absolute atomic E-state index is 0. The molecule has 0 radical (unpaired) electrons. The highest BCUT2D eigenvalue weighted by Crippen LogP contribution is 1.44. The summed E-state index contributed by atoms with van der Waals surface area (Å²) in [6.07, 6.45) is -1.83. The fourth-order valence-electron chi connectivity index (χ4n) is 0. The van der Waals surface area contributed by atoms with Gasteiger partial charge in [0.1, 0.15) is 0 Å². The summed E-state index contributed by atoms with van der Waals surface area (Å²) in [5, 5.41) is 28.7. The lowest BCUT2D eigenvalue weighted by molar-refractivity contribution is -0.402. The molecular formula is CH3ClNO6-. The van der Waals surface area contributed by atoms with Gasteiger partial charge in [-0.3, -0.25) is 0 Å². The number of nitrogens with zero attached hydrogens (tertiary/aromatic N) is 1. The first-order valence-corrected chi connectivity index (χ1v) is 1.20. The summed E-state index contributed by atoms with van der Waals surface area (Å²) in [4.78, 5) is 16.8. The van der Waals surface area contributed by atoms with Crippen LogP contribution in [-0.4, -0.2) is 21.5 Å². The van der Waals surface area contributed by atoms with E-state index in [0.29, 0.717) is 0 Å². The lowest BCUT2D eigenvalue weighted by atomic mass is 11.5. The molecule has 8 heteroatoms. The summed E-state index contributed by atoms with van der Waals surface area (Å²) in [6.45, 7) is 0. The maximum Gasteiger partial charge on any atom is 0.503 e. The summed E-state index contributed by atoms with van der Waals surface area (Å²) in [7, 11) is 0. The predicted molar refractivity (Wildman–Crippen MR) is 28.3 cm³/mol. The molecule has 9 heavy (non-hydrogen) atoms. The zero-order valence-electron chi connectivity index (χ0n) is 3.88. The van der Waals surface area contributed by atoms with Crippen molar-refractivity contribution >= 4 is 18.6 Å². The van der Waals surface area contributed by atoms with Crippen LogP contribution in [0.1, 0.15) is 0 Å². The quantitative estimate of drug-likeness (QED) is 0.390. The SMILES string of the molecule is Cl.O=C(O)O.O=[N+]([O-])[O-]. The van der Waals surface area contributed by atoms with Gasteiger partial charge < -0.3 is 25.5 Å². The summed E-state index contributed by atoms with van der Waals surface area (Å²) >= 11 is 0. The molecule has 0 aliphatic heterocycles. The van der Waals surface area contributed by atoms with Crippen LogP contribution in [0, 0.1) is 15.3 Å². The fraction of sp³-hybridized carbons (Fsp3) is 0. The molecule has 0 aliphatic rings. The van der Waals surface area contributed by atoms with Gasteiger partial charge in [-0.05, 0) is 0 Å². The van der Waals surface area contributed by atoms with Crippen molar-refractivity contribution in [3.63, 3.8) is 0 Å². The summed E-state index contributed by atoms with van der Waals surface area (Å²) < 4.78 is 0. The van der Waals surface area contributed by atoms with Gasteiger partial charge in [-0.25, -0.2) is 4.79 Å². The maximum atomic E-state index is 8.56. The molecule has 0 atom stereocenters. The molecular weight excluding hydrogens is 157 g/mol. The molecule has 0 aromatic rings. The van der Waals surface area contributed by atoms with E-state index in [9.17, 15) is 0 Å². The standard InChI is InChI=1S/CH2O3.ClH.NO3/c2-1(3)4;;2-1(3)4/h(H2,2,3,4);1H;/q;;-1. The van der Waals surface area contributed by atoms with Crippen molar-refractivity contribution < 1.29 is 20.1 Å². The van der Waals surface area contributed by atoms with Gasteiger partial charge in [-0.1, -0.05) is 0 Å². The zero-order valence-corrected chi connectivity index (χ0v) is 4.70. The average molecular weight is 160 g/mol. The Morgan fingerprint density at radius 1 is 1.33 bits per heavy atom. The molecule has 56 valence electrons. The van der Waals surface area contributed by atoms with Crippen molar-refractivity contribution in [3.8, 4) is 0 Å². The third-order valence-electron chi connectivity index (χ3n) is 0. The number of hydrogen-bond donors (Lipinski definition) is 2. The molecule has 0 aromatic heterocycles. The van der Waals surface area contributed by atoms with E-state index < -0.39 is 11.2 Å². The summed E-state index contributed by atoms with van der Waals surface area (Å²) in [6, 6.07) is 0. The summed E-state index contributed by atoms with van der Waals surface area (Å²) in [5.41, 5.74) is 0. The third-order valence-corrected chi connectivity index (χ3v) is 0. The van der Waals surface area contributed by atoms with Gasteiger partial charge >= 0.3 is 6.16 Å². The second kappa shape index (κ2) is 9.90. The molecule has 2 N–H and O–H groups in total. The van der Waals surface area contributed by atoms with Crippen LogP contribution in [-0.2, 0) is 0 Å². The first-order valence-electron chi connectivity index (χ1n) is 1.20. The van der Waals surface area contributed by atoms with Crippen LogP contribution in [0.2, 0.25) is 0 Å². The Hall–Kier alpha value is -1.24. The Balaban J connectivity index is -0.0000000720. The van der Waals surface area contributed by atoms with Crippen LogP contribution in [0.3, 0.4) is 0 Å². The Kier molecular flexibility index (Phi) is 17.2. The smallest absolute Gasteiger partial charge is 0.450 e. The van der Waals surface area contributed by atoms with Crippen molar-refractivity contribution in [2.24, 2.45) is 0 Å². The van der Waals surface area contributed by atoms with E-state index in [0.717, 1.165) is 0 Å². The highest BCUT2D eigenvalue weighted by molar-refractivity contribution is 5.85. The molecule has 0 saturated heterocycles.